The Hall–Kier alpha value is -3.42. The van der Waals surface area contributed by atoms with Gasteiger partial charge in [-0.1, -0.05) is 19.1 Å². The van der Waals surface area contributed by atoms with E-state index in [2.05, 4.69) is 32.1 Å². The number of nitrogens with zero attached hydrogens (tertiary/aromatic N) is 5. The van der Waals surface area contributed by atoms with Gasteiger partial charge in [0.25, 0.3) is 5.91 Å². The molecule has 1 aliphatic heterocycles. The van der Waals surface area contributed by atoms with E-state index in [9.17, 15) is 4.79 Å². The lowest BCUT2D eigenvalue weighted by Crippen LogP contribution is -2.34. The number of carbonyl (C=O) groups is 1. The summed E-state index contributed by atoms with van der Waals surface area (Å²) >= 11 is 0. The van der Waals surface area contributed by atoms with Crippen molar-refractivity contribution in [2.45, 2.75) is 26.3 Å². The molecule has 0 radical (unpaired) electrons. The molecule has 1 fully saturated rings. The van der Waals surface area contributed by atoms with Crippen LogP contribution in [0.3, 0.4) is 0 Å². The molecule has 3 aromatic rings. The van der Waals surface area contributed by atoms with E-state index in [0.717, 1.165) is 30.2 Å². The molecule has 0 saturated carbocycles. The van der Waals surface area contributed by atoms with Crippen molar-refractivity contribution >= 4 is 11.7 Å². The molecule has 3 heterocycles. The predicted octanol–water partition coefficient (Wildman–Crippen LogP) is 2.84. The van der Waals surface area contributed by atoms with Gasteiger partial charge in [0, 0.05) is 31.9 Å². The number of hydrogen-bond donors (Lipinski definition) is 1. The Kier molecular flexibility index (Phi) is 5.92. The van der Waals surface area contributed by atoms with E-state index in [1.54, 1.807) is 30.5 Å². The highest BCUT2D eigenvalue weighted by molar-refractivity contribution is 5.92. The van der Waals surface area contributed by atoms with E-state index < -0.39 is 0 Å². The van der Waals surface area contributed by atoms with Crippen LogP contribution in [-0.2, 0) is 6.54 Å². The Morgan fingerprint density at radius 3 is 2.77 bits per heavy atom. The van der Waals surface area contributed by atoms with Gasteiger partial charge in [0.15, 0.2) is 0 Å². The van der Waals surface area contributed by atoms with Gasteiger partial charge in [0.05, 0.1) is 7.11 Å². The smallest absolute Gasteiger partial charge is 0.271 e. The lowest BCUT2D eigenvalue weighted by Gasteiger charge is -2.31. The van der Waals surface area contributed by atoms with Gasteiger partial charge in [0.1, 0.15) is 35.7 Å². The van der Waals surface area contributed by atoms with Crippen molar-refractivity contribution in [1.29, 1.82) is 0 Å². The maximum absolute atomic E-state index is 12.5. The van der Waals surface area contributed by atoms with Crippen molar-refractivity contribution in [3.63, 3.8) is 0 Å². The molecule has 1 saturated heterocycles. The highest BCUT2D eigenvalue weighted by Crippen LogP contribution is 2.22. The molecule has 1 unspecified atom stereocenters. The molecule has 1 aromatic carbocycles. The third kappa shape index (κ3) is 4.59. The Morgan fingerprint density at radius 1 is 1.20 bits per heavy atom. The third-order valence-corrected chi connectivity index (χ3v) is 5.31. The number of amides is 1. The van der Waals surface area contributed by atoms with E-state index in [1.165, 1.54) is 12.8 Å². The van der Waals surface area contributed by atoms with Crippen LogP contribution in [0.1, 0.15) is 35.8 Å². The van der Waals surface area contributed by atoms with Crippen molar-refractivity contribution in [3.8, 4) is 11.6 Å². The summed E-state index contributed by atoms with van der Waals surface area (Å²) < 4.78 is 6.90. The van der Waals surface area contributed by atoms with Gasteiger partial charge >= 0.3 is 0 Å². The normalized spacial score (nSPS) is 16.3. The second-order valence-corrected chi connectivity index (χ2v) is 7.62. The van der Waals surface area contributed by atoms with Crippen LogP contribution in [0, 0.1) is 5.92 Å². The first kappa shape index (κ1) is 19.9. The quantitative estimate of drug-likeness (QED) is 0.678. The average Bonchev–Trinajstić information content (AvgIpc) is 3.28. The molecule has 1 atom stereocenters. The molecular weight excluding hydrogens is 380 g/mol. The molecule has 8 nitrogen and oxygen atoms in total. The summed E-state index contributed by atoms with van der Waals surface area (Å²) in [7, 11) is 1.63. The molecule has 1 amide bonds. The monoisotopic (exact) mass is 406 g/mol. The summed E-state index contributed by atoms with van der Waals surface area (Å²) in [5, 5.41) is 2.89. The van der Waals surface area contributed by atoms with E-state index in [0.29, 0.717) is 24.0 Å². The number of rotatable bonds is 6. The first-order chi connectivity index (χ1) is 14.6. The van der Waals surface area contributed by atoms with Gasteiger partial charge in [-0.15, -0.1) is 0 Å². The fourth-order valence-corrected chi connectivity index (χ4v) is 3.63. The van der Waals surface area contributed by atoms with Crippen LogP contribution in [0.4, 0.5) is 5.82 Å². The van der Waals surface area contributed by atoms with Crippen molar-refractivity contribution in [3.05, 3.63) is 60.4 Å². The minimum Gasteiger partial charge on any atom is -0.497 e. The van der Waals surface area contributed by atoms with Gasteiger partial charge in [0.2, 0.25) is 0 Å². The largest absolute Gasteiger partial charge is 0.497 e. The summed E-state index contributed by atoms with van der Waals surface area (Å²) in [4.78, 5) is 27.8. The van der Waals surface area contributed by atoms with E-state index in [1.807, 2.05) is 30.3 Å². The fourth-order valence-electron chi connectivity index (χ4n) is 3.63. The molecule has 4 rings (SSSR count). The maximum atomic E-state index is 12.5. The van der Waals surface area contributed by atoms with Crippen molar-refractivity contribution < 1.29 is 9.53 Å². The maximum Gasteiger partial charge on any atom is 0.271 e. The molecule has 2 aromatic heterocycles. The topological polar surface area (TPSA) is 85.2 Å². The number of nitrogens with one attached hydrogen (secondary N) is 1. The van der Waals surface area contributed by atoms with Crippen molar-refractivity contribution in [2.24, 2.45) is 5.92 Å². The molecule has 0 spiro atoms. The lowest BCUT2D eigenvalue weighted by atomic mass is 10.0. The van der Waals surface area contributed by atoms with Gasteiger partial charge in [-0.3, -0.25) is 9.36 Å². The molecule has 0 bridgehead atoms. The number of hydrogen-bond acceptors (Lipinski definition) is 6. The molecule has 0 aliphatic carbocycles. The molecule has 30 heavy (non-hydrogen) atoms. The number of anilines is 1. The van der Waals surface area contributed by atoms with Crippen LogP contribution < -0.4 is 15.0 Å². The Balaban J connectivity index is 1.41. The number of aromatic nitrogens is 4. The highest BCUT2D eigenvalue weighted by Gasteiger charge is 2.18. The van der Waals surface area contributed by atoms with Crippen molar-refractivity contribution in [2.75, 3.05) is 25.1 Å². The Morgan fingerprint density at radius 2 is 2.00 bits per heavy atom. The number of methoxy groups -OCH3 is 1. The zero-order chi connectivity index (χ0) is 20.9. The predicted molar refractivity (Wildman–Crippen MR) is 114 cm³/mol. The summed E-state index contributed by atoms with van der Waals surface area (Å²) in [6, 6.07) is 9.51. The van der Waals surface area contributed by atoms with E-state index >= 15 is 0 Å². The van der Waals surface area contributed by atoms with Crippen LogP contribution in [0.5, 0.6) is 5.75 Å². The third-order valence-electron chi connectivity index (χ3n) is 5.31. The summed E-state index contributed by atoms with van der Waals surface area (Å²) in [5.74, 6) is 2.81. The number of imidazole rings is 1. The van der Waals surface area contributed by atoms with E-state index in [4.69, 9.17) is 4.74 Å². The minimum absolute atomic E-state index is 0.233. The number of benzene rings is 1. The van der Waals surface area contributed by atoms with Gasteiger partial charge in [-0.05, 0) is 36.5 Å². The SMILES string of the molecule is COc1ccc(CNC(=O)c2cn(-c3cc(N4CCCC(C)C4)ncn3)cn2)cc1. The van der Waals surface area contributed by atoms with Crippen LogP contribution in [0.25, 0.3) is 5.82 Å². The molecule has 8 heteroatoms. The second kappa shape index (κ2) is 8.94. The molecule has 1 aliphatic rings. The Bertz CT molecular complexity index is 1000. The number of ether oxygens (including phenoxy) is 1. The van der Waals surface area contributed by atoms with Gasteiger partial charge in [-0.25, -0.2) is 15.0 Å². The van der Waals surface area contributed by atoms with E-state index in [-0.39, 0.29) is 5.91 Å². The molecule has 156 valence electrons. The fraction of sp³-hybridized carbons (Fsp3) is 0.364. The Labute approximate surface area is 175 Å². The van der Waals surface area contributed by atoms with Crippen LogP contribution in [0.2, 0.25) is 0 Å². The minimum atomic E-state index is -0.233. The standard InChI is InChI=1S/C22H26N6O2/c1-16-4-3-9-27(12-16)20-10-21(25-14-24-20)28-13-19(26-15-28)22(29)23-11-17-5-7-18(30-2)8-6-17/h5-8,10,13-16H,3-4,9,11-12H2,1-2H3,(H,23,29). The summed E-state index contributed by atoms with van der Waals surface area (Å²) in [6.45, 7) is 4.69. The molecule has 1 N–H and O–H groups in total. The van der Waals surface area contributed by atoms with Crippen LogP contribution in [-0.4, -0.2) is 45.6 Å². The highest BCUT2D eigenvalue weighted by atomic mass is 16.5. The zero-order valence-corrected chi connectivity index (χ0v) is 17.3. The lowest BCUT2D eigenvalue weighted by molar-refractivity contribution is 0.0946. The number of carbonyl (C=O) groups excluding carboxylic acids is 1. The first-order valence-electron chi connectivity index (χ1n) is 10.1. The second-order valence-electron chi connectivity index (χ2n) is 7.62. The van der Waals surface area contributed by atoms with Gasteiger partial charge < -0.3 is 15.0 Å². The zero-order valence-electron chi connectivity index (χ0n) is 17.3. The molecular formula is C22H26N6O2. The van der Waals surface area contributed by atoms with Gasteiger partial charge in [-0.2, -0.15) is 0 Å². The van der Waals surface area contributed by atoms with Crippen LogP contribution >= 0.6 is 0 Å². The van der Waals surface area contributed by atoms with Crippen molar-refractivity contribution in [1.82, 2.24) is 24.8 Å². The average molecular weight is 406 g/mol. The summed E-state index contributed by atoms with van der Waals surface area (Å²) in [5.41, 5.74) is 1.33. The first-order valence-corrected chi connectivity index (χ1v) is 10.1. The van der Waals surface area contributed by atoms with Crippen LogP contribution in [0.15, 0.2) is 49.2 Å². The number of piperidine rings is 1. The summed E-state index contributed by atoms with van der Waals surface area (Å²) in [6.07, 6.45) is 7.28.